The molecule has 3 unspecified atom stereocenters. The van der Waals surface area contributed by atoms with Crippen molar-refractivity contribution < 1.29 is 18.8 Å². The van der Waals surface area contributed by atoms with E-state index >= 15 is 0 Å². The summed E-state index contributed by atoms with van der Waals surface area (Å²) in [6.07, 6.45) is 2.90. The van der Waals surface area contributed by atoms with Crippen LogP contribution in [0.25, 0.3) is 0 Å². The monoisotopic (exact) mass is 360 g/mol. The molecule has 24 heavy (non-hydrogen) atoms. The smallest absolute Gasteiger partial charge is 0.460 e. The van der Waals surface area contributed by atoms with E-state index in [2.05, 4.69) is 13.8 Å². The molecule has 0 radical (unpaired) electrons. The summed E-state index contributed by atoms with van der Waals surface area (Å²) in [6.45, 7) is 15.9. The first-order valence-corrected chi connectivity index (χ1v) is 9.45. The Morgan fingerprint density at radius 2 is 1.83 bits per heavy atom. The molecule has 140 valence electrons. The molecule has 4 nitrogen and oxygen atoms in total. The van der Waals surface area contributed by atoms with Crippen LogP contribution in [0.2, 0.25) is 0 Å². The van der Waals surface area contributed by atoms with Gasteiger partial charge in [0.05, 0.1) is 16.5 Å². The molecule has 1 fully saturated rings. The number of halogens is 1. The SMILES string of the molecule is CCC(Cl)B1OC(C)(C)C(C)(CCC(C)CC(=O)OC(C)(C)C)O1. The minimum Gasteiger partial charge on any atom is -0.460 e. The van der Waals surface area contributed by atoms with Crippen molar-refractivity contribution in [2.45, 2.75) is 103 Å². The average molecular weight is 361 g/mol. The predicted molar refractivity (Wildman–Crippen MR) is 99.2 cm³/mol. The summed E-state index contributed by atoms with van der Waals surface area (Å²) in [5.41, 5.74) is -1.26. The van der Waals surface area contributed by atoms with Crippen molar-refractivity contribution in [3.8, 4) is 0 Å². The van der Waals surface area contributed by atoms with Gasteiger partial charge in [-0.15, -0.1) is 11.6 Å². The number of carbonyl (C=O) groups is 1. The lowest BCUT2D eigenvalue weighted by atomic mass is 9.81. The van der Waals surface area contributed by atoms with E-state index in [1.54, 1.807) is 0 Å². The van der Waals surface area contributed by atoms with E-state index in [0.29, 0.717) is 6.42 Å². The molecule has 3 atom stereocenters. The van der Waals surface area contributed by atoms with Gasteiger partial charge in [-0.3, -0.25) is 4.79 Å². The van der Waals surface area contributed by atoms with Crippen molar-refractivity contribution in [1.82, 2.24) is 0 Å². The predicted octanol–water partition coefficient (Wildman–Crippen LogP) is 4.76. The second-order valence-electron chi connectivity index (χ2n) is 8.70. The minimum absolute atomic E-state index is 0.146. The van der Waals surface area contributed by atoms with Crippen molar-refractivity contribution in [1.29, 1.82) is 0 Å². The zero-order valence-electron chi connectivity index (χ0n) is 16.6. The van der Waals surface area contributed by atoms with Gasteiger partial charge in [-0.05, 0) is 66.7 Å². The first-order chi connectivity index (χ1) is 10.8. The van der Waals surface area contributed by atoms with Crippen LogP contribution in [0.3, 0.4) is 0 Å². The van der Waals surface area contributed by atoms with Crippen molar-refractivity contribution in [3.05, 3.63) is 0 Å². The van der Waals surface area contributed by atoms with E-state index in [-0.39, 0.29) is 24.3 Å². The molecular formula is C18H34BClO4. The quantitative estimate of drug-likeness (QED) is 0.373. The lowest BCUT2D eigenvalue weighted by molar-refractivity contribution is -0.156. The molecule has 1 saturated heterocycles. The molecule has 0 aromatic heterocycles. The van der Waals surface area contributed by atoms with Gasteiger partial charge >= 0.3 is 13.1 Å². The maximum atomic E-state index is 12.0. The summed E-state index contributed by atoms with van der Waals surface area (Å²) in [5.74, 6) is 0.0841. The molecule has 1 heterocycles. The molecule has 0 N–H and O–H groups in total. The molecule has 1 aliphatic heterocycles. The third kappa shape index (κ3) is 5.92. The van der Waals surface area contributed by atoms with Crippen LogP contribution in [-0.2, 0) is 18.8 Å². The van der Waals surface area contributed by atoms with E-state index in [4.69, 9.17) is 25.6 Å². The van der Waals surface area contributed by atoms with Crippen LogP contribution >= 0.6 is 11.6 Å². The summed E-state index contributed by atoms with van der Waals surface area (Å²) in [5, 5.41) is -0.148. The minimum atomic E-state index is -0.435. The van der Waals surface area contributed by atoms with Crippen LogP contribution in [0.4, 0.5) is 0 Å². The first-order valence-electron chi connectivity index (χ1n) is 9.01. The number of hydrogen-bond acceptors (Lipinski definition) is 4. The van der Waals surface area contributed by atoms with E-state index < -0.39 is 16.8 Å². The number of esters is 1. The molecule has 0 amide bonds. The summed E-state index contributed by atoms with van der Waals surface area (Å²) >= 11 is 6.31. The summed E-state index contributed by atoms with van der Waals surface area (Å²) in [4.78, 5) is 12.0. The van der Waals surface area contributed by atoms with Crippen molar-refractivity contribution >= 4 is 24.7 Å². The number of alkyl halides is 1. The number of rotatable bonds is 7. The van der Waals surface area contributed by atoms with E-state index in [9.17, 15) is 4.79 Å². The van der Waals surface area contributed by atoms with E-state index in [1.807, 2.05) is 41.5 Å². The van der Waals surface area contributed by atoms with Crippen LogP contribution in [0.15, 0.2) is 0 Å². The van der Waals surface area contributed by atoms with Crippen LogP contribution in [-0.4, -0.2) is 35.2 Å². The number of ether oxygens (including phenoxy) is 1. The highest BCUT2D eigenvalue weighted by Crippen LogP contribution is 2.42. The molecule has 1 rings (SSSR count). The highest BCUT2D eigenvalue weighted by molar-refractivity contribution is 6.59. The second kappa shape index (κ2) is 7.97. The van der Waals surface area contributed by atoms with Gasteiger partial charge in [0.15, 0.2) is 0 Å². The van der Waals surface area contributed by atoms with Crippen LogP contribution in [0, 0.1) is 5.92 Å². The van der Waals surface area contributed by atoms with Gasteiger partial charge in [0.25, 0.3) is 0 Å². The Bertz CT molecular complexity index is 435. The van der Waals surface area contributed by atoms with Crippen molar-refractivity contribution in [2.24, 2.45) is 5.92 Å². The topological polar surface area (TPSA) is 44.8 Å². The zero-order valence-corrected chi connectivity index (χ0v) is 17.3. The summed E-state index contributed by atoms with van der Waals surface area (Å²) in [7, 11) is -0.377. The molecule has 1 aliphatic rings. The number of hydrogen-bond donors (Lipinski definition) is 0. The van der Waals surface area contributed by atoms with Gasteiger partial charge in [0.1, 0.15) is 5.60 Å². The molecular weight excluding hydrogens is 326 g/mol. The molecule has 0 saturated carbocycles. The maximum Gasteiger partial charge on any atom is 0.476 e. The van der Waals surface area contributed by atoms with E-state index in [0.717, 1.165) is 19.3 Å². The Balaban J connectivity index is 2.57. The van der Waals surface area contributed by atoms with Gasteiger partial charge in [-0.2, -0.15) is 0 Å². The van der Waals surface area contributed by atoms with Crippen LogP contribution in [0.1, 0.15) is 81.1 Å². The Kier molecular flexibility index (Phi) is 7.23. The second-order valence-corrected chi connectivity index (χ2v) is 9.26. The van der Waals surface area contributed by atoms with Gasteiger partial charge in [0.2, 0.25) is 0 Å². The Morgan fingerprint density at radius 3 is 2.33 bits per heavy atom. The summed E-state index contributed by atoms with van der Waals surface area (Å²) < 4.78 is 17.6. The van der Waals surface area contributed by atoms with Crippen LogP contribution < -0.4 is 0 Å². The molecule has 0 spiro atoms. The molecule has 0 bridgehead atoms. The highest BCUT2D eigenvalue weighted by atomic mass is 35.5. The summed E-state index contributed by atoms with van der Waals surface area (Å²) in [6, 6.07) is 0. The standard InChI is InChI=1S/C18H34BClO4/c1-9-14(20)19-23-17(6,7)18(8,24-19)11-10-13(2)12-15(21)22-16(3,4)5/h13-14H,9-12H2,1-8H3. The average Bonchev–Trinajstić information content (AvgIpc) is 2.64. The number of carbonyl (C=O) groups excluding carboxylic acids is 1. The van der Waals surface area contributed by atoms with Crippen molar-refractivity contribution in [3.63, 3.8) is 0 Å². The van der Waals surface area contributed by atoms with E-state index in [1.165, 1.54) is 0 Å². The Labute approximate surface area is 153 Å². The fourth-order valence-corrected chi connectivity index (χ4v) is 2.93. The third-order valence-electron chi connectivity index (χ3n) is 4.80. The third-order valence-corrected chi connectivity index (χ3v) is 5.31. The Hall–Kier alpha value is -0.255. The highest BCUT2D eigenvalue weighted by Gasteiger charge is 2.55. The zero-order chi connectivity index (χ0) is 18.8. The largest absolute Gasteiger partial charge is 0.476 e. The molecule has 6 heteroatoms. The maximum absolute atomic E-state index is 12.0. The normalized spacial score (nSPS) is 26.3. The van der Waals surface area contributed by atoms with Crippen LogP contribution in [0.5, 0.6) is 0 Å². The first kappa shape index (κ1) is 21.8. The molecule has 0 aliphatic carbocycles. The lowest BCUT2D eigenvalue weighted by Crippen LogP contribution is -2.45. The molecule has 0 aromatic rings. The molecule has 0 aromatic carbocycles. The van der Waals surface area contributed by atoms with Gasteiger partial charge in [-0.25, -0.2) is 0 Å². The van der Waals surface area contributed by atoms with Crippen molar-refractivity contribution in [2.75, 3.05) is 0 Å². The fraction of sp³-hybridized carbons (Fsp3) is 0.944. The van der Waals surface area contributed by atoms with Gasteiger partial charge < -0.3 is 14.0 Å². The van der Waals surface area contributed by atoms with Gasteiger partial charge in [-0.1, -0.05) is 13.8 Å². The lowest BCUT2D eigenvalue weighted by Gasteiger charge is -2.37. The van der Waals surface area contributed by atoms with Gasteiger partial charge in [0, 0.05) is 6.42 Å². The Morgan fingerprint density at radius 1 is 1.25 bits per heavy atom. The fourth-order valence-electron chi connectivity index (χ4n) is 2.83.